The van der Waals surface area contributed by atoms with Gasteiger partial charge in [-0.1, -0.05) is 6.07 Å². The van der Waals surface area contributed by atoms with Crippen molar-refractivity contribution in [1.29, 1.82) is 0 Å². The highest BCUT2D eigenvalue weighted by molar-refractivity contribution is 6.00. The van der Waals surface area contributed by atoms with E-state index in [1.807, 2.05) is 13.0 Å². The number of Topliss-reactive ketones (excluding diaryl/α,β-unsaturated/α-hetero) is 1. The maximum Gasteiger partial charge on any atom is 0.164 e. The van der Waals surface area contributed by atoms with E-state index in [0.717, 1.165) is 19.4 Å². The smallest absolute Gasteiger partial charge is 0.164 e. The molecular weight excluding hydrogens is 285 g/mol. The van der Waals surface area contributed by atoms with Crippen molar-refractivity contribution in [2.45, 2.75) is 38.4 Å². The number of halogens is 1. The van der Waals surface area contributed by atoms with Crippen LogP contribution in [0.1, 0.15) is 37.0 Å². The molecule has 1 aromatic carbocycles. The zero-order valence-electron chi connectivity index (χ0n) is 13.1. The van der Waals surface area contributed by atoms with Crippen LogP contribution in [0, 0.1) is 5.82 Å². The first-order valence-corrected chi connectivity index (χ1v) is 7.81. The van der Waals surface area contributed by atoms with Crippen molar-refractivity contribution < 1.29 is 18.7 Å². The highest BCUT2D eigenvalue weighted by atomic mass is 19.1. The van der Waals surface area contributed by atoms with E-state index in [0.29, 0.717) is 25.4 Å². The molecule has 2 saturated heterocycles. The summed E-state index contributed by atoms with van der Waals surface area (Å²) in [5, 5.41) is 0. The van der Waals surface area contributed by atoms with Gasteiger partial charge < -0.3 is 14.4 Å². The maximum atomic E-state index is 14.1. The zero-order chi connectivity index (χ0) is 15.7. The number of rotatable bonds is 2. The van der Waals surface area contributed by atoms with Crippen LogP contribution >= 0.6 is 0 Å². The Balaban J connectivity index is 1.94. The van der Waals surface area contributed by atoms with Crippen molar-refractivity contribution in [3.63, 3.8) is 0 Å². The van der Waals surface area contributed by atoms with Gasteiger partial charge in [-0.05, 0) is 38.8 Å². The molecule has 0 aliphatic carbocycles. The lowest BCUT2D eigenvalue weighted by Crippen LogP contribution is -2.59. The molecule has 22 heavy (non-hydrogen) atoms. The van der Waals surface area contributed by atoms with Crippen molar-refractivity contribution in [3.8, 4) is 0 Å². The summed E-state index contributed by atoms with van der Waals surface area (Å²) in [6, 6.07) is 4.81. The molecule has 2 atom stereocenters. The van der Waals surface area contributed by atoms with Crippen LogP contribution in [0.5, 0.6) is 0 Å². The molecule has 0 bridgehead atoms. The van der Waals surface area contributed by atoms with E-state index in [1.54, 1.807) is 6.07 Å². The molecular formula is C17H22FNO3. The second-order valence-corrected chi connectivity index (χ2v) is 6.34. The molecule has 4 nitrogen and oxygen atoms in total. The van der Waals surface area contributed by atoms with Gasteiger partial charge in [-0.3, -0.25) is 4.79 Å². The number of carbonyl (C=O) groups is 1. The third kappa shape index (κ3) is 2.88. The van der Waals surface area contributed by atoms with Crippen LogP contribution in [0.25, 0.3) is 0 Å². The highest BCUT2D eigenvalue weighted by Gasteiger charge is 2.42. The highest BCUT2D eigenvalue weighted by Crippen LogP contribution is 2.34. The molecule has 0 saturated carbocycles. The monoisotopic (exact) mass is 307 g/mol. The largest absolute Gasteiger partial charge is 0.378 e. The third-order valence-electron chi connectivity index (χ3n) is 4.38. The Hall–Kier alpha value is -1.46. The Morgan fingerprint density at radius 3 is 2.95 bits per heavy atom. The average molecular weight is 307 g/mol. The van der Waals surface area contributed by atoms with E-state index in [-0.39, 0.29) is 23.1 Å². The number of ether oxygens (including phenoxy) is 2. The zero-order valence-corrected chi connectivity index (χ0v) is 13.1. The lowest BCUT2D eigenvalue weighted by atomic mass is 9.92. The van der Waals surface area contributed by atoms with Gasteiger partial charge in [0.1, 0.15) is 11.4 Å². The van der Waals surface area contributed by atoms with Crippen LogP contribution in [0.2, 0.25) is 0 Å². The first kappa shape index (κ1) is 15.4. The Morgan fingerprint density at radius 1 is 1.45 bits per heavy atom. The minimum Gasteiger partial charge on any atom is -0.378 e. The number of ketones is 1. The molecule has 2 aliphatic rings. The molecule has 2 aliphatic heterocycles. The van der Waals surface area contributed by atoms with E-state index in [9.17, 15) is 9.18 Å². The van der Waals surface area contributed by atoms with Gasteiger partial charge in [0, 0.05) is 19.7 Å². The lowest BCUT2D eigenvalue weighted by Gasteiger charge is -2.48. The molecule has 5 heteroatoms. The number of carbonyl (C=O) groups excluding carboxylic acids is 1. The summed E-state index contributed by atoms with van der Waals surface area (Å²) in [6.45, 7) is 6.00. The SMILES string of the molecule is CC(=O)c1c(F)cccc1N1C[C@@H](C)O[C@@]2(CCCOC2)C1. The van der Waals surface area contributed by atoms with Gasteiger partial charge in [0.2, 0.25) is 0 Å². The number of hydrogen-bond acceptors (Lipinski definition) is 4. The van der Waals surface area contributed by atoms with Crippen molar-refractivity contribution in [1.82, 2.24) is 0 Å². The van der Waals surface area contributed by atoms with Crippen LogP contribution in [0.4, 0.5) is 10.1 Å². The van der Waals surface area contributed by atoms with Crippen molar-refractivity contribution in [2.24, 2.45) is 0 Å². The quantitative estimate of drug-likeness (QED) is 0.788. The predicted molar refractivity (Wildman–Crippen MR) is 81.9 cm³/mol. The van der Waals surface area contributed by atoms with Crippen molar-refractivity contribution in [2.75, 3.05) is 31.2 Å². The Morgan fingerprint density at radius 2 is 2.27 bits per heavy atom. The first-order valence-electron chi connectivity index (χ1n) is 7.81. The van der Waals surface area contributed by atoms with Crippen LogP contribution in [-0.2, 0) is 9.47 Å². The van der Waals surface area contributed by atoms with E-state index in [4.69, 9.17) is 9.47 Å². The molecule has 3 rings (SSSR count). The summed E-state index contributed by atoms with van der Waals surface area (Å²) in [7, 11) is 0. The molecule has 1 aromatic rings. The van der Waals surface area contributed by atoms with Gasteiger partial charge in [0.25, 0.3) is 0 Å². The molecule has 0 radical (unpaired) electrons. The van der Waals surface area contributed by atoms with Crippen LogP contribution in [-0.4, -0.2) is 43.8 Å². The molecule has 0 unspecified atom stereocenters. The van der Waals surface area contributed by atoms with Crippen molar-refractivity contribution in [3.05, 3.63) is 29.6 Å². The normalized spacial score (nSPS) is 28.9. The van der Waals surface area contributed by atoms with Gasteiger partial charge in [0.05, 0.1) is 24.0 Å². The van der Waals surface area contributed by atoms with Gasteiger partial charge in [0.15, 0.2) is 5.78 Å². The second kappa shape index (κ2) is 5.97. The van der Waals surface area contributed by atoms with E-state index in [1.165, 1.54) is 13.0 Å². The molecule has 0 aromatic heterocycles. The van der Waals surface area contributed by atoms with Crippen LogP contribution in [0.15, 0.2) is 18.2 Å². The second-order valence-electron chi connectivity index (χ2n) is 6.34. The number of hydrogen-bond donors (Lipinski definition) is 0. The summed E-state index contributed by atoms with van der Waals surface area (Å²) >= 11 is 0. The van der Waals surface area contributed by atoms with Crippen LogP contribution < -0.4 is 4.90 Å². The minimum absolute atomic E-state index is 0.0125. The maximum absolute atomic E-state index is 14.1. The Kier molecular flexibility index (Phi) is 4.19. The molecule has 2 heterocycles. The fraction of sp³-hybridized carbons (Fsp3) is 0.588. The average Bonchev–Trinajstić information content (AvgIpc) is 2.46. The summed E-state index contributed by atoms with van der Waals surface area (Å²) in [4.78, 5) is 13.9. The number of nitrogens with zero attached hydrogens (tertiary/aromatic N) is 1. The van der Waals surface area contributed by atoms with E-state index < -0.39 is 5.82 Å². The first-order chi connectivity index (χ1) is 10.5. The molecule has 1 spiro atoms. The fourth-order valence-corrected chi connectivity index (χ4v) is 3.58. The van der Waals surface area contributed by atoms with Crippen LogP contribution in [0.3, 0.4) is 0 Å². The van der Waals surface area contributed by atoms with E-state index in [2.05, 4.69) is 4.90 Å². The fourth-order valence-electron chi connectivity index (χ4n) is 3.58. The topological polar surface area (TPSA) is 38.8 Å². The summed E-state index contributed by atoms with van der Waals surface area (Å²) in [5.74, 6) is -0.709. The summed E-state index contributed by atoms with van der Waals surface area (Å²) in [6.07, 6.45) is 1.90. The van der Waals surface area contributed by atoms with Gasteiger partial charge in [-0.25, -0.2) is 4.39 Å². The summed E-state index contributed by atoms with van der Waals surface area (Å²) in [5.41, 5.74) is 0.479. The van der Waals surface area contributed by atoms with Crippen molar-refractivity contribution >= 4 is 11.5 Å². The minimum atomic E-state index is -0.460. The lowest BCUT2D eigenvalue weighted by molar-refractivity contribution is -0.160. The van der Waals surface area contributed by atoms with Gasteiger partial charge in [-0.15, -0.1) is 0 Å². The molecule has 2 fully saturated rings. The van der Waals surface area contributed by atoms with Gasteiger partial charge >= 0.3 is 0 Å². The molecule has 0 N–H and O–H groups in total. The third-order valence-corrected chi connectivity index (χ3v) is 4.38. The molecule has 120 valence electrons. The summed E-state index contributed by atoms with van der Waals surface area (Å²) < 4.78 is 25.8. The number of benzene rings is 1. The molecule has 0 amide bonds. The Bertz CT molecular complexity index is 569. The van der Waals surface area contributed by atoms with E-state index >= 15 is 0 Å². The standard InChI is InChI=1S/C17H22FNO3/c1-12-9-19(10-17(22-12)7-4-8-21-11-17)15-6-3-5-14(18)16(15)13(2)20/h3,5-6,12H,4,7-11H2,1-2H3/t12-,17+/m1/s1. The number of morpholine rings is 1. The predicted octanol–water partition coefficient (Wildman–Crippen LogP) is 2.80. The number of anilines is 1. The Labute approximate surface area is 130 Å². The van der Waals surface area contributed by atoms with Gasteiger partial charge in [-0.2, -0.15) is 0 Å².